The minimum atomic E-state index is -4.47. The lowest BCUT2D eigenvalue weighted by molar-refractivity contribution is -0.138. The minimum absolute atomic E-state index is 0.104. The van der Waals surface area contributed by atoms with Crippen LogP contribution in [0.2, 0.25) is 10.0 Å². The van der Waals surface area contributed by atoms with Crippen LogP contribution in [0, 0.1) is 11.8 Å². The molecule has 224 valence electrons. The van der Waals surface area contributed by atoms with Crippen LogP contribution in [-0.4, -0.2) is 67.6 Å². The number of piperazine rings is 1. The summed E-state index contributed by atoms with van der Waals surface area (Å²) in [5.74, 6) is -0.443. The monoisotopic (exact) mass is 613 g/mol. The van der Waals surface area contributed by atoms with Crippen molar-refractivity contribution in [2.24, 2.45) is 17.6 Å². The molecule has 2 heterocycles. The number of alkyl halides is 3. The van der Waals surface area contributed by atoms with Crippen LogP contribution >= 0.6 is 23.2 Å². The number of amides is 3. The zero-order valence-corrected chi connectivity index (χ0v) is 24.9. The van der Waals surface area contributed by atoms with Crippen LogP contribution in [0.1, 0.15) is 43.0 Å². The molecule has 0 saturated carbocycles. The highest BCUT2D eigenvalue weighted by molar-refractivity contribution is 6.35. The largest absolute Gasteiger partial charge is 0.416 e. The molecule has 2 aliphatic rings. The first-order valence-electron chi connectivity index (χ1n) is 13.7. The van der Waals surface area contributed by atoms with Crippen LogP contribution in [0.25, 0.3) is 0 Å². The molecule has 3 N–H and O–H groups in total. The van der Waals surface area contributed by atoms with E-state index in [1.807, 2.05) is 18.7 Å². The molecule has 2 fully saturated rings. The summed E-state index contributed by atoms with van der Waals surface area (Å²) in [5, 5.41) is 3.74. The Labute approximate surface area is 248 Å². The molecule has 0 spiro atoms. The molecule has 4 rings (SSSR count). The molecule has 0 aromatic heterocycles. The van der Waals surface area contributed by atoms with E-state index in [-0.39, 0.29) is 23.9 Å². The standard InChI is InChI=1S/C29H36Cl2F3N5O2/c1-17(2)12-24(35)21-14-19(29(32,33)34)5-7-25(21)38-8-10-39(11-9-38)27(40)22(26-16-36-28(41)37(26)3)13-18-4-6-20(30)15-23(18)31/h4-7,14-15,17,22,24,26H,8-13,16,35H2,1-3H3,(H,36,41). The van der Waals surface area contributed by atoms with Crippen LogP contribution in [0.5, 0.6) is 0 Å². The normalized spacial score (nSPS) is 19.5. The first-order valence-corrected chi connectivity index (χ1v) is 14.5. The summed E-state index contributed by atoms with van der Waals surface area (Å²) in [4.78, 5) is 31.5. The topological polar surface area (TPSA) is 81.9 Å². The van der Waals surface area contributed by atoms with Crippen molar-refractivity contribution in [3.05, 3.63) is 63.1 Å². The number of likely N-dealkylation sites (N-methyl/N-ethyl adjacent to an activating group) is 1. The Morgan fingerprint density at radius 1 is 1.10 bits per heavy atom. The molecule has 3 unspecified atom stereocenters. The fourth-order valence-corrected chi connectivity index (χ4v) is 6.17. The third kappa shape index (κ3) is 7.21. The van der Waals surface area contributed by atoms with E-state index >= 15 is 0 Å². The van der Waals surface area contributed by atoms with E-state index in [1.165, 1.54) is 6.07 Å². The van der Waals surface area contributed by atoms with Crippen molar-refractivity contribution in [2.45, 2.75) is 44.9 Å². The summed E-state index contributed by atoms with van der Waals surface area (Å²) in [7, 11) is 1.67. The molecule has 2 saturated heterocycles. The van der Waals surface area contributed by atoms with Crippen molar-refractivity contribution in [3.63, 3.8) is 0 Å². The van der Waals surface area contributed by atoms with Gasteiger partial charge in [-0.15, -0.1) is 0 Å². The van der Waals surface area contributed by atoms with Gasteiger partial charge in [-0.2, -0.15) is 13.2 Å². The molecule has 3 atom stereocenters. The Balaban J connectivity index is 1.54. The summed E-state index contributed by atoms with van der Waals surface area (Å²) >= 11 is 12.5. The van der Waals surface area contributed by atoms with Gasteiger partial charge in [0.15, 0.2) is 0 Å². The second-order valence-electron chi connectivity index (χ2n) is 11.2. The van der Waals surface area contributed by atoms with Gasteiger partial charge < -0.3 is 25.8 Å². The van der Waals surface area contributed by atoms with E-state index in [2.05, 4.69) is 5.32 Å². The lowest BCUT2D eigenvalue weighted by Crippen LogP contribution is -2.54. The average Bonchev–Trinajstić information content (AvgIpc) is 3.24. The smallest absolute Gasteiger partial charge is 0.368 e. The molecule has 3 amide bonds. The second-order valence-corrected chi connectivity index (χ2v) is 12.1. The highest BCUT2D eigenvalue weighted by Crippen LogP contribution is 2.37. The fraction of sp³-hybridized carbons (Fsp3) is 0.517. The Bertz CT molecular complexity index is 1270. The third-order valence-electron chi connectivity index (χ3n) is 7.93. The number of anilines is 1. The van der Waals surface area contributed by atoms with Gasteiger partial charge in [-0.05, 0) is 60.2 Å². The molecule has 0 radical (unpaired) electrons. The lowest BCUT2D eigenvalue weighted by atomic mass is 9.90. The van der Waals surface area contributed by atoms with Gasteiger partial charge in [0.2, 0.25) is 5.91 Å². The van der Waals surface area contributed by atoms with E-state index in [1.54, 1.807) is 35.0 Å². The molecule has 0 bridgehead atoms. The van der Waals surface area contributed by atoms with Gasteiger partial charge in [0, 0.05) is 61.5 Å². The van der Waals surface area contributed by atoms with E-state index in [4.69, 9.17) is 28.9 Å². The predicted molar refractivity (Wildman–Crippen MR) is 155 cm³/mol. The Morgan fingerprint density at radius 2 is 1.78 bits per heavy atom. The van der Waals surface area contributed by atoms with Crippen LogP contribution < -0.4 is 16.0 Å². The maximum atomic E-state index is 13.9. The van der Waals surface area contributed by atoms with Gasteiger partial charge >= 0.3 is 12.2 Å². The first-order chi connectivity index (χ1) is 19.3. The Hall–Kier alpha value is -2.69. The SMILES string of the molecule is CC(C)CC(N)c1cc(C(F)(F)F)ccc1N1CCN(C(=O)C(Cc2ccc(Cl)cc2Cl)C2CNC(=O)N2C)CC1. The van der Waals surface area contributed by atoms with E-state index < -0.39 is 23.7 Å². The number of urea groups is 1. The van der Waals surface area contributed by atoms with Gasteiger partial charge in [0.05, 0.1) is 17.5 Å². The average molecular weight is 615 g/mol. The van der Waals surface area contributed by atoms with E-state index in [0.717, 1.165) is 17.7 Å². The number of nitrogens with one attached hydrogen (secondary N) is 1. The summed E-state index contributed by atoms with van der Waals surface area (Å²) in [6.45, 7) is 5.92. The summed E-state index contributed by atoms with van der Waals surface area (Å²) in [6, 6.07) is 7.72. The number of halogens is 5. The van der Waals surface area contributed by atoms with Crippen molar-refractivity contribution in [2.75, 3.05) is 44.7 Å². The number of carbonyl (C=O) groups is 2. The number of carbonyl (C=O) groups excluding carboxylic acids is 2. The zero-order chi connectivity index (χ0) is 30.1. The van der Waals surface area contributed by atoms with Gasteiger partial charge in [-0.3, -0.25) is 4.79 Å². The van der Waals surface area contributed by atoms with Crippen molar-refractivity contribution >= 4 is 40.8 Å². The number of hydrogen-bond donors (Lipinski definition) is 2. The molecule has 7 nitrogen and oxygen atoms in total. The molecule has 2 aromatic carbocycles. The molecule has 0 aliphatic carbocycles. The summed E-state index contributed by atoms with van der Waals surface area (Å²) < 4.78 is 40.6. The molecule has 41 heavy (non-hydrogen) atoms. The summed E-state index contributed by atoms with van der Waals surface area (Å²) in [6.07, 6.45) is -3.60. The molecular formula is C29H36Cl2F3N5O2. The van der Waals surface area contributed by atoms with Crippen LogP contribution in [-0.2, 0) is 17.4 Å². The molecular weight excluding hydrogens is 578 g/mol. The quantitative estimate of drug-likeness (QED) is 0.407. The predicted octanol–water partition coefficient (Wildman–Crippen LogP) is 5.59. The van der Waals surface area contributed by atoms with Gasteiger partial charge in [0.1, 0.15) is 0 Å². The highest BCUT2D eigenvalue weighted by atomic mass is 35.5. The first kappa shape index (κ1) is 31.3. The Kier molecular flexibility index (Phi) is 9.66. The van der Waals surface area contributed by atoms with E-state index in [0.29, 0.717) is 66.9 Å². The fourth-order valence-electron chi connectivity index (χ4n) is 5.68. The van der Waals surface area contributed by atoms with Crippen molar-refractivity contribution < 1.29 is 22.8 Å². The lowest BCUT2D eigenvalue weighted by Gasteiger charge is -2.40. The zero-order valence-electron chi connectivity index (χ0n) is 23.3. The van der Waals surface area contributed by atoms with Crippen LogP contribution in [0.15, 0.2) is 36.4 Å². The number of hydrogen-bond acceptors (Lipinski definition) is 4. The van der Waals surface area contributed by atoms with Gasteiger partial charge in [-0.25, -0.2) is 4.79 Å². The summed E-state index contributed by atoms with van der Waals surface area (Å²) in [5.41, 5.74) is 7.56. The third-order valence-corrected chi connectivity index (χ3v) is 8.52. The Morgan fingerprint density at radius 3 is 2.34 bits per heavy atom. The second kappa shape index (κ2) is 12.7. The maximum absolute atomic E-state index is 13.9. The molecule has 12 heteroatoms. The maximum Gasteiger partial charge on any atom is 0.416 e. The molecule has 2 aromatic rings. The van der Waals surface area contributed by atoms with E-state index in [9.17, 15) is 22.8 Å². The minimum Gasteiger partial charge on any atom is -0.368 e. The van der Waals surface area contributed by atoms with Gasteiger partial charge in [-0.1, -0.05) is 43.1 Å². The van der Waals surface area contributed by atoms with Crippen molar-refractivity contribution in [3.8, 4) is 0 Å². The van der Waals surface area contributed by atoms with Crippen molar-refractivity contribution in [1.29, 1.82) is 0 Å². The van der Waals surface area contributed by atoms with Crippen LogP contribution in [0.4, 0.5) is 23.7 Å². The number of nitrogens with two attached hydrogens (primary N) is 1. The number of benzene rings is 2. The van der Waals surface area contributed by atoms with Crippen molar-refractivity contribution in [1.82, 2.24) is 15.1 Å². The molecule has 2 aliphatic heterocycles. The number of rotatable bonds is 8. The van der Waals surface area contributed by atoms with Crippen LogP contribution in [0.3, 0.4) is 0 Å². The highest BCUT2D eigenvalue weighted by Gasteiger charge is 2.41. The van der Waals surface area contributed by atoms with Gasteiger partial charge in [0.25, 0.3) is 0 Å². The number of nitrogens with zero attached hydrogens (tertiary/aromatic N) is 3.